The Bertz CT molecular complexity index is 466. The van der Waals surface area contributed by atoms with Gasteiger partial charge in [0.25, 0.3) is 0 Å². The monoisotopic (exact) mass is 304 g/mol. The van der Waals surface area contributed by atoms with Gasteiger partial charge in [-0.3, -0.25) is 4.79 Å². The van der Waals surface area contributed by atoms with Gasteiger partial charge in [-0.25, -0.2) is 0 Å². The normalized spacial score (nSPS) is 21.1. The van der Waals surface area contributed by atoms with Crippen LogP contribution < -0.4 is 10.6 Å². The van der Waals surface area contributed by atoms with E-state index < -0.39 is 6.10 Å². The summed E-state index contributed by atoms with van der Waals surface area (Å²) in [6.07, 6.45) is 2.29. The molecule has 3 atom stereocenters. The summed E-state index contributed by atoms with van der Waals surface area (Å²) in [6, 6.07) is 7.75. The number of rotatable bonds is 6. The number of aryl methyl sites for hydroxylation is 1. The van der Waals surface area contributed by atoms with Crippen molar-refractivity contribution in [3.8, 4) is 0 Å². The van der Waals surface area contributed by atoms with Crippen molar-refractivity contribution in [3.05, 3.63) is 35.4 Å². The highest BCUT2D eigenvalue weighted by Crippen LogP contribution is 2.22. The molecular weight excluding hydrogens is 276 g/mol. The Hall–Kier alpha value is -1.39. The zero-order valence-electron chi connectivity index (χ0n) is 13.6. The highest BCUT2D eigenvalue weighted by atomic mass is 16.3. The Morgan fingerprint density at radius 3 is 2.77 bits per heavy atom. The van der Waals surface area contributed by atoms with Gasteiger partial charge >= 0.3 is 0 Å². The van der Waals surface area contributed by atoms with Gasteiger partial charge in [-0.05, 0) is 50.3 Å². The third kappa shape index (κ3) is 5.11. The van der Waals surface area contributed by atoms with E-state index in [0.717, 1.165) is 24.2 Å². The molecule has 3 unspecified atom stereocenters. The van der Waals surface area contributed by atoms with E-state index in [2.05, 4.69) is 17.6 Å². The SMILES string of the molecule is Cc1ccc(C(O)CNC(=O)CC(C)C2CCCNC2)cc1. The number of benzene rings is 1. The van der Waals surface area contributed by atoms with Crippen molar-refractivity contribution in [2.45, 2.75) is 39.2 Å². The molecule has 1 aromatic rings. The molecule has 3 N–H and O–H groups in total. The number of aliphatic hydroxyl groups is 1. The van der Waals surface area contributed by atoms with E-state index in [4.69, 9.17) is 0 Å². The lowest BCUT2D eigenvalue weighted by molar-refractivity contribution is -0.122. The lowest BCUT2D eigenvalue weighted by atomic mass is 9.85. The second kappa shape index (κ2) is 8.30. The third-order valence-electron chi connectivity index (χ3n) is 4.60. The van der Waals surface area contributed by atoms with Crippen molar-refractivity contribution in [1.82, 2.24) is 10.6 Å². The molecular formula is C18H28N2O2. The van der Waals surface area contributed by atoms with Crippen LogP contribution in [-0.2, 0) is 4.79 Å². The number of nitrogens with one attached hydrogen (secondary N) is 2. The molecule has 1 aromatic carbocycles. The molecule has 2 rings (SSSR count). The minimum atomic E-state index is -0.642. The summed E-state index contributed by atoms with van der Waals surface area (Å²) in [5.41, 5.74) is 2.00. The van der Waals surface area contributed by atoms with Gasteiger partial charge in [0.15, 0.2) is 0 Å². The minimum Gasteiger partial charge on any atom is -0.387 e. The van der Waals surface area contributed by atoms with Crippen LogP contribution in [-0.4, -0.2) is 30.6 Å². The number of hydrogen-bond donors (Lipinski definition) is 3. The molecule has 0 aliphatic carbocycles. The molecule has 1 aliphatic heterocycles. The number of amides is 1. The topological polar surface area (TPSA) is 61.4 Å². The fourth-order valence-corrected chi connectivity index (χ4v) is 3.01. The van der Waals surface area contributed by atoms with Crippen LogP contribution in [0.4, 0.5) is 0 Å². The van der Waals surface area contributed by atoms with Crippen molar-refractivity contribution >= 4 is 5.91 Å². The van der Waals surface area contributed by atoms with Crippen LogP contribution >= 0.6 is 0 Å². The van der Waals surface area contributed by atoms with Crippen LogP contribution in [0.2, 0.25) is 0 Å². The molecule has 1 heterocycles. The van der Waals surface area contributed by atoms with E-state index in [-0.39, 0.29) is 12.5 Å². The van der Waals surface area contributed by atoms with Crippen LogP contribution in [0.1, 0.15) is 43.4 Å². The lowest BCUT2D eigenvalue weighted by Gasteiger charge is -2.28. The maximum atomic E-state index is 12.0. The summed E-state index contributed by atoms with van der Waals surface area (Å²) in [4.78, 5) is 12.0. The van der Waals surface area contributed by atoms with Crippen LogP contribution in [0.25, 0.3) is 0 Å². The van der Waals surface area contributed by atoms with Crippen molar-refractivity contribution < 1.29 is 9.90 Å². The Balaban J connectivity index is 1.73. The Morgan fingerprint density at radius 2 is 2.14 bits per heavy atom. The molecule has 1 amide bonds. The summed E-state index contributed by atoms with van der Waals surface area (Å²) >= 11 is 0. The second-order valence-electron chi connectivity index (χ2n) is 6.52. The summed E-state index contributed by atoms with van der Waals surface area (Å²) in [5, 5.41) is 16.4. The predicted octanol–water partition coefficient (Wildman–Crippen LogP) is 2.17. The average Bonchev–Trinajstić information content (AvgIpc) is 2.54. The van der Waals surface area contributed by atoms with Gasteiger partial charge in [0, 0.05) is 13.0 Å². The molecule has 0 saturated carbocycles. The molecule has 122 valence electrons. The first-order valence-electron chi connectivity index (χ1n) is 8.28. The van der Waals surface area contributed by atoms with Gasteiger partial charge in [0.1, 0.15) is 0 Å². The zero-order chi connectivity index (χ0) is 15.9. The van der Waals surface area contributed by atoms with Crippen molar-refractivity contribution in [1.29, 1.82) is 0 Å². The second-order valence-corrected chi connectivity index (χ2v) is 6.52. The Labute approximate surface area is 133 Å². The van der Waals surface area contributed by atoms with Gasteiger partial charge in [-0.1, -0.05) is 36.8 Å². The van der Waals surface area contributed by atoms with Gasteiger partial charge in [-0.2, -0.15) is 0 Å². The third-order valence-corrected chi connectivity index (χ3v) is 4.60. The molecule has 1 aliphatic rings. The maximum Gasteiger partial charge on any atom is 0.220 e. The zero-order valence-corrected chi connectivity index (χ0v) is 13.6. The quantitative estimate of drug-likeness (QED) is 0.755. The number of piperidine rings is 1. The number of aliphatic hydroxyl groups excluding tert-OH is 1. The fourth-order valence-electron chi connectivity index (χ4n) is 3.01. The van der Waals surface area contributed by atoms with Gasteiger partial charge < -0.3 is 15.7 Å². The molecule has 0 bridgehead atoms. The fraction of sp³-hybridized carbons (Fsp3) is 0.611. The van der Waals surface area contributed by atoms with Crippen LogP contribution in [0.5, 0.6) is 0 Å². The molecule has 0 aromatic heterocycles. The molecule has 22 heavy (non-hydrogen) atoms. The smallest absolute Gasteiger partial charge is 0.220 e. The van der Waals surface area contributed by atoms with Crippen molar-refractivity contribution in [2.24, 2.45) is 11.8 Å². The Kier molecular flexibility index (Phi) is 6.40. The number of hydrogen-bond acceptors (Lipinski definition) is 3. The van der Waals surface area contributed by atoms with Crippen molar-refractivity contribution in [3.63, 3.8) is 0 Å². The van der Waals surface area contributed by atoms with E-state index in [1.54, 1.807) is 0 Å². The van der Waals surface area contributed by atoms with Crippen LogP contribution in [0, 0.1) is 18.8 Å². The predicted molar refractivity (Wildman–Crippen MR) is 88.5 cm³/mol. The molecule has 1 fully saturated rings. The maximum absolute atomic E-state index is 12.0. The van der Waals surface area contributed by atoms with Crippen LogP contribution in [0.15, 0.2) is 24.3 Å². The van der Waals surface area contributed by atoms with E-state index in [1.807, 2.05) is 31.2 Å². The van der Waals surface area contributed by atoms with E-state index >= 15 is 0 Å². The number of carbonyl (C=O) groups is 1. The summed E-state index contributed by atoms with van der Waals surface area (Å²) in [6.45, 7) is 6.54. The van der Waals surface area contributed by atoms with Gasteiger partial charge in [0.2, 0.25) is 5.91 Å². The first kappa shape index (κ1) is 17.0. The molecule has 0 spiro atoms. The number of carbonyl (C=O) groups excluding carboxylic acids is 1. The van der Waals surface area contributed by atoms with E-state index in [0.29, 0.717) is 18.3 Å². The summed E-state index contributed by atoms with van der Waals surface area (Å²) in [7, 11) is 0. The first-order chi connectivity index (χ1) is 10.6. The minimum absolute atomic E-state index is 0.0317. The standard InChI is InChI=1S/C18H28N2O2/c1-13-5-7-15(8-6-13)17(21)12-20-18(22)10-14(2)16-4-3-9-19-11-16/h5-8,14,16-17,19,21H,3-4,9-12H2,1-2H3,(H,20,22). The summed E-state index contributed by atoms with van der Waals surface area (Å²) < 4.78 is 0. The highest BCUT2D eigenvalue weighted by molar-refractivity contribution is 5.76. The lowest BCUT2D eigenvalue weighted by Crippen LogP contribution is -2.36. The van der Waals surface area contributed by atoms with Crippen molar-refractivity contribution in [2.75, 3.05) is 19.6 Å². The summed E-state index contributed by atoms with van der Waals surface area (Å²) in [5.74, 6) is 0.995. The molecule has 0 radical (unpaired) electrons. The molecule has 4 heteroatoms. The molecule has 1 saturated heterocycles. The van der Waals surface area contributed by atoms with E-state index in [1.165, 1.54) is 12.8 Å². The average molecular weight is 304 g/mol. The largest absolute Gasteiger partial charge is 0.387 e. The highest BCUT2D eigenvalue weighted by Gasteiger charge is 2.22. The van der Waals surface area contributed by atoms with E-state index in [9.17, 15) is 9.90 Å². The van der Waals surface area contributed by atoms with Gasteiger partial charge in [0.05, 0.1) is 6.10 Å². The van der Waals surface area contributed by atoms with Crippen LogP contribution in [0.3, 0.4) is 0 Å². The first-order valence-corrected chi connectivity index (χ1v) is 8.28. The Morgan fingerprint density at radius 1 is 1.41 bits per heavy atom. The van der Waals surface area contributed by atoms with Gasteiger partial charge in [-0.15, -0.1) is 0 Å². The molecule has 4 nitrogen and oxygen atoms in total.